The van der Waals surface area contributed by atoms with Gasteiger partial charge in [-0.3, -0.25) is 4.79 Å². The molecule has 1 rings (SSSR count). The second kappa shape index (κ2) is 7.69. The maximum absolute atomic E-state index is 11.8. The van der Waals surface area contributed by atoms with Crippen LogP contribution in [0.4, 0.5) is 0 Å². The standard InChI is InChI=1S/C12H24N2O/c1-2-3-8-13-11-12(15)14-9-6-4-5-7-10-14/h13H,2-11H2,1H3. The minimum Gasteiger partial charge on any atom is -0.342 e. The summed E-state index contributed by atoms with van der Waals surface area (Å²) >= 11 is 0. The largest absolute Gasteiger partial charge is 0.342 e. The van der Waals surface area contributed by atoms with Crippen LogP contribution in [0.3, 0.4) is 0 Å². The van der Waals surface area contributed by atoms with Crippen LogP contribution in [0.15, 0.2) is 0 Å². The Kier molecular flexibility index (Phi) is 6.41. The lowest BCUT2D eigenvalue weighted by atomic mass is 10.2. The zero-order chi connectivity index (χ0) is 10.9. The average Bonchev–Trinajstić information content (AvgIpc) is 2.52. The van der Waals surface area contributed by atoms with Gasteiger partial charge in [0.15, 0.2) is 0 Å². The van der Waals surface area contributed by atoms with Crippen LogP contribution in [0.2, 0.25) is 0 Å². The number of likely N-dealkylation sites (tertiary alicyclic amines) is 1. The molecule has 3 heteroatoms. The quantitative estimate of drug-likeness (QED) is 0.705. The predicted octanol–water partition coefficient (Wildman–Crippen LogP) is 1.78. The molecule has 0 saturated carbocycles. The van der Waals surface area contributed by atoms with E-state index in [0.29, 0.717) is 6.54 Å². The van der Waals surface area contributed by atoms with Gasteiger partial charge in [-0.05, 0) is 25.8 Å². The molecule has 0 spiro atoms. The van der Waals surface area contributed by atoms with Crippen molar-refractivity contribution >= 4 is 5.91 Å². The van der Waals surface area contributed by atoms with Crippen molar-refractivity contribution in [3.63, 3.8) is 0 Å². The number of carbonyl (C=O) groups is 1. The molecule has 0 bridgehead atoms. The Labute approximate surface area is 93.2 Å². The Bertz CT molecular complexity index is 174. The van der Waals surface area contributed by atoms with E-state index in [1.807, 2.05) is 4.90 Å². The van der Waals surface area contributed by atoms with Crippen LogP contribution >= 0.6 is 0 Å². The van der Waals surface area contributed by atoms with Gasteiger partial charge in [-0.25, -0.2) is 0 Å². The second-order valence-electron chi connectivity index (χ2n) is 4.33. The van der Waals surface area contributed by atoms with Gasteiger partial charge >= 0.3 is 0 Å². The molecule has 1 amide bonds. The summed E-state index contributed by atoms with van der Waals surface area (Å²) in [6, 6.07) is 0. The molecule has 0 radical (unpaired) electrons. The first-order chi connectivity index (χ1) is 7.34. The van der Waals surface area contributed by atoms with Crippen molar-refractivity contribution in [2.45, 2.75) is 45.4 Å². The van der Waals surface area contributed by atoms with Gasteiger partial charge < -0.3 is 10.2 Å². The van der Waals surface area contributed by atoms with E-state index in [0.717, 1.165) is 26.1 Å². The third-order valence-corrected chi connectivity index (χ3v) is 2.94. The summed E-state index contributed by atoms with van der Waals surface area (Å²) < 4.78 is 0. The number of nitrogens with zero attached hydrogens (tertiary/aromatic N) is 1. The summed E-state index contributed by atoms with van der Waals surface area (Å²) in [5, 5.41) is 3.21. The van der Waals surface area contributed by atoms with E-state index in [9.17, 15) is 4.79 Å². The molecule has 0 aliphatic carbocycles. The molecule has 0 atom stereocenters. The average molecular weight is 212 g/mol. The monoisotopic (exact) mass is 212 g/mol. The van der Waals surface area contributed by atoms with Crippen molar-refractivity contribution in [3.8, 4) is 0 Å². The molecule has 0 aromatic heterocycles. The van der Waals surface area contributed by atoms with Crippen molar-refractivity contribution < 1.29 is 4.79 Å². The minimum atomic E-state index is 0.285. The Hall–Kier alpha value is -0.570. The molecule has 1 aliphatic rings. The smallest absolute Gasteiger partial charge is 0.236 e. The summed E-state index contributed by atoms with van der Waals surface area (Å²) in [5.74, 6) is 0.285. The second-order valence-corrected chi connectivity index (χ2v) is 4.33. The van der Waals surface area contributed by atoms with Gasteiger partial charge in [0.1, 0.15) is 0 Å². The fourth-order valence-corrected chi connectivity index (χ4v) is 1.93. The van der Waals surface area contributed by atoms with E-state index in [1.165, 1.54) is 32.1 Å². The molecule has 1 saturated heterocycles. The Balaban J connectivity index is 2.14. The summed E-state index contributed by atoms with van der Waals surface area (Å²) in [6.45, 7) is 5.59. The van der Waals surface area contributed by atoms with Crippen molar-refractivity contribution in [2.24, 2.45) is 0 Å². The van der Waals surface area contributed by atoms with Gasteiger partial charge in [-0.15, -0.1) is 0 Å². The molecule has 1 heterocycles. The minimum absolute atomic E-state index is 0.285. The molecule has 88 valence electrons. The van der Waals surface area contributed by atoms with Gasteiger partial charge in [0.2, 0.25) is 5.91 Å². The number of hydrogen-bond acceptors (Lipinski definition) is 2. The summed E-state index contributed by atoms with van der Waals surface area (Å²) in [6.07, 6.45) is 7.28. The highest BCUT2D eigenvalue weighted by molar-refractivity contribution is 5.78. The molecular weight excluding hydrogens is 188 g/mol. The maximum atomic E-state index is 11.8. The lowest BCUT2D eigenvalue weighted by molar-refractivity contribution is -0.130. The van der Waals surface area contributed by atoms with Crippen LogP contribution in [-0.2, 0) is 4.79 Å². The highest BCUT2D eigenvalue weighted by Crippen LogP contribution is 2.09. The molecule has 0 aromatic rings. The van der Waals surface area contributed by atoms with E-state index in [2.05, 4.69) is 12.2 Å². The third kappa shape index (κ3) is 5.17. The molecule has 15 heavy (non-hydrogen) atoms. The molecule has 3 nitrogen and oxygen atoms in total. The molecule has 1 fully saturated rings. The lowest BCUT2D eigenvalue weighted by Crippen LogP contribution is -2.38. The van der Waals surface area contributed by atoms with Gasteiger partial charge in [-0.2, -0.15) is 0 Å². The van der Waals surface area contributed by atoms with Crippen LogP contribution in [0.5, 0.6) is 0 Å². The fraction of sp³-hybridized carbons (Fsp3) is 0.917. The first kappa shape index (κ1) is 12.5. The normalized spacial score (nSPS) is 17.5. The Morgan fingerprint density at radius 3 is 2.47 bits per heavy atom. The number of nitrogens with one attached hydrogen (secondary N) is 1. The molecule has 1 aliphatic heterocycles. The summed E-state index contributed by atoms with van der Waals surface area (Å²) in [5.41, 5.74) is 0. The molecular formula is C12H24N2O. The number of amides is 1. The Morgan fingerprint density at radius 1 is 1.20 bits per heavy atom. The maximum Gasteiger partial charge on any atom is 0.236 e. The van der Waals surface area contributed by atoms with Gasteiger partial charge in [-0.1, -0.05) is 26.2 Å². The number of hydrogen-bond donors (Lipinski definition) is 1. The van der Waals surface area contributed by atoms with Crippen molar-refractivity contribution in [1.29, 1.82) is 0 Å². The summed E-state index contributed by atoms with van der Waals surface area (Å²) in [4.78, 5) is 13.8. The van der Waals surface area contributed by atoms with Crippen molar-refractivity contribution in [3.05, 3.63) is 0 Å². The van der Waals surface area contributed by atoms with Crippen LogP contribution in [0.25, 0.3) is 0 Å². The fourth-order valence-electron chi connectivity index (χ4n) is 1.93. The van der Waals surface area contributed by atoms with Crippen LogP contribution in [0, 0.1) is 0 Å². The van der Waals surface area contributed by atoms with E-state index in [1.54, 1.807) is 0 Å². The Morgan fingerprint density at radius 2 is 1.87 bits per heavy atom. The van der Waals surface area contributed by atoms with E-state index >= 15 is 0 Å². The number of carbonyl (C=O) groups excluding carboxylic acids is 1. The first-order valence-corrected chi connectivity index (χ1v) is 6.33. The highest BCUT2D eigenvalue weighted by atomic mass is 16.2. The van der Waals surface area contributed by atoms with E-state index in [-0.39, 0.29) is 5.91 Å². The van der Waals surface area contributed by atoms with E-state index < -0.39 is 0 Å². The summed E-state index contributed by atoms with van der Waals surface area (Å²) in [7, 11) is 0. The first-order valence-electron chi connectivity index (χ1n) is 6.33. The van der Waals surface area contributed by atoms with Gasteiger partial charge in [0.05, 0.1) is 6.54 Å². The number of unbranched alkanes of at least 4 members (excludes halogenated alkanes) is 1. The molecule has 1 N–H and O–H groups in total. The predicted molar refractivity (Wildman–Crippen MR) is 62.8 cm³/mol. The van der Waals surface area contributed by atoms with Crippen molar-refractivity contribution in [2.75, 3.05) is 26.2 Å². The van der Waals surface area contributed by atoms with Crippen molar-refractivity contribution in [1.82, 2.24) is 10.2 Å². The SMILES string of the molecule is CCCCNCC(=O)N1CCCCCC1. The molecule has 0 aromatic carbocycles. The van der Waals surface area contributed by atoms with Crippen LogP contribution < -0.4 is 5.32 Å². The zero-order valence-electron chi connectivity index (χ0n) is 9.93. The van der Waals surface area contributed by atoms with Crippen LogP contribution in [-0.4, -0.2) is 37.0 Å². The van der Waals surface area contributed by atoms with Crippen LogP contribution in [0.1, 0.15) is 45.4 Å². The number of rotatable bonds is 5. The van der Waals surface area contributed by atoms with E-state index in [4.69, 9.17) is 0 Å². The van der Waals surface area contributed by atoms with Gasteiger partial charge in [0, 0.05) is 13.1 Å². The topological polar surface area (TPSA) is 32.3 Å². The molecule has 0 unspecified atom stereocenters. The third-order valence-electron chi connectivity index (χ3n) is 2.94. The lowest BCUT2D eigenvalue weighted by Gasteiger charge is -2.20. The highest BCUT2D eigenvalue weighted by Gasteiger charge is 2.14. The van der Waals surface area contributed by atoms with Gasteiger partial charge in [0.25, 0.3) is 0 Å². The zero-order valence-corrected chi connectivity index (χ0v) is 9.93.